The average molecular weight is 353 g/mol. The maximum atomic E-state index is 12.5. The van der Waals surface area contributed by atoms with Crippen LogP contribution in [0.3, 0.4) is 0 Å². The first-order valence-corrected chi connectivity index (χ1v) is 7.93. The lowest BCUT2D eigenvalue weighted by molar-refractivity contribution is -0.0436. The maximum Gasteiger partial charge on any atom is 0.501 e. The van der Waals surface area contributed by atoms with E-state index in [0.29, 0.717) is 11.3 Å². The first kappa shape index (κ1) is 17.6. The summed E-state index contributed by atoms with van der Waals surface area (Å²) in [6.45, 7) is 0. The van der Waals surface area contributed by atoms with Crippen molar-refractivity contribution in [3.05, 3.63) is 59.7 Å². The van der Waals surface area contributed by atoms with Crippen LogP contribution in [-0.4, -0.2) is 19.8 Å². The molecule has 2 aromatic carbocycles. The molecule has 0 aliphatic heterocycles. The molecule has 0 atom stereocenters. The van der Waals surface area contributed by atoms with E-state index >= 15 is 0 Å². The summed E-state index contributed by atoms with van der Waals surface area (Å²) >= 11 is 0. The van der Waals surface area contributed by atoms with E-state index in [4.69, 9.17) is 6.42 Å². The minimum atomic E-state index is -5.44. The van der Waals surface area contributed by atoms with Crippen LogP contribution in [0.25, 0.3) is 0 Å². The molecule has 1 amide bonds. The van der Waals surface area contributed by atoms with E-state index in [1.165, 1.54) is 0 Å². The van der Waals surface area contributed by atoms with Gasteiger partial charge in [-0.1, -0.05) is 12.0 Å². The molecule has 24 heavy (non-hydrogen) atoms. The number of halogens is 3. The smallest absolute Gasteiger partial charge is 0.322 e. The van der Waals surface area contributed by atoms with E-state index in [1.807, 2.05) is 0 Å². The lowest BCUT2D eigenvalue weighted by atomic mass is 10.2. The summed E-state index contributed by atoms with van der Waals surface area (Å²) < 4.78 is 59.9. The van der Waals surface area contributed by atoms with Crippen LogP contribution >= 0.6 is 0 Å². The molecule has 4 nitrogen and oxygen atoms in total. The van der Waals surface area contributed by atoms with Gasteiger partial charge in [0.1, 0.15) is 0 Å². The van der Waals surface area contributed by atoms with E-state index in [-0.39, 0.29) is 5.56 Å². The van der Waals surface area contributed by atoms with Crippen LogP contribution in [0.1, 0.15) is 15.9 Å². The fourth-order valence-corrected chi connectivity index (χ4v) is 2.57. The quantitative estimate of drug-likeness (QED) is 0.862. The Balaban J connectivity index is 2.22. The van der Waals surface area contributed by atoms with E-state index in [0.717, 1.165) is 24.3 Å². The second-order valence-electron chi connectivity index (χ2n) is 4.65. The van der Waals surface area contributed by atoms with Crippen molar-refractivity contribution in [1.82, 2.24) is 0 Å². The van der Waals surface area contributed by atoms with Crippen molar-refractivity contribution in [2.75, 3.05) is 5.32 Å². The molecule has 124 valence electrons. The summed E-state index contributed by atoms with van der Waals surface area (Å²) in [5, 5.41) is 2.52. The number of terminal acetylenes is 1. The predicted molar refractivity (Wildman–Crippen MR) is 82.0 cm³/mol. The Labute approximate surface area is 136 Å². The minimum Gasteiger partial charge on any atom is -0.322 e. The normalized spacial score (nSPS) is 11.6. The highest BCUT2D eigenvalue weighted by atomic mass is 32.2. The topological polar surface area (TPSA) is 63.2 Å². The van der Waals surface area contributed by atoms with Crippen LogP contribution in [0.2, 0.25) is 0 Å². The van der Waals surface area contributed by atoms with Crippen molar-refractivity contribution in [3.63, 3.8) is 0 Å². The SMILES string of the molecule is C#Cc1cccc(NC(=O)c2ccc(S(=O)(=O)C(F)(F)F)cc2)c1. The standard InChI is InChI=1S/C16H10F3NO3S/c1-2-11-4-3-5-13(10-11)20-15(21)12-6-8-14(9-7-12)24(22,23)16(17,18)19/h1,3-10H,(H,20,21). The van der Waals surface area contributed by atoms with Crippen molar-refractivity contribution < 1.29 is 26.4 Å². The summed E-state index contributed by atoms with van der Waals surface area (Å²) in [6, 6.07) is 9.88. The van der Waals surface area contributed by atoms with E-state index in [9.17, 15) is 26.4 Å². The molecule has 2 aromatic rings. The van der Waals surface area contributed by atoms with Gasteiger partial charge in [-0.25, -0.2) is 8.42 Å². The Hall–Kier alpha value is -2.79. The number of alkyl halides is 3. The van der Waals surface area contributed by atoms with E-state index < -0.39 is 26.1 Å². The van der Waals surface area contributed by atoms with Crippen molar-refractivity contribution in [2.45, 2.75) is 10.4 Å². The number of nitrogens with one attached hydrogen (secondary N) is 1. The van der Waals surface area contributed by atoms with Gasteiger partial charge in [-0.15, -0.1) is 6.42 Å². The van der Waals surface area contributed by atoms with E-state index in [2.05, 4.69) is 11.2 Å². The molecule has 0 unspecified atom stereocenters. The Morgan fingerprint density at radius 2 is 1.71 bits per heavy atom. The summed E-state index contributed by atoms with van der Waals surface area (Å²) in [5.41, 5.74) is -4.45. The fourth-order valence-electron chi connectivity index (χ4n) is 1.81. The van der Waals surface area contributed by atoms with Crippen LogP contribution in [0, 0.1) is 12.3 Å². The minimum absolute atomic E-state index is 0.00207. The third-order valence-electron chi connectivity index (χ3n) is 3.02. The van der Waals surface area contributed by atoms with Crippen molar-refractivity contribution >= 4 is 21.4 Å². The molecule has 0 aromatic heterocycles. The molecule has 8 heteroatoms. The van der Waals surface area contributed by atoms with Crippen molar-refractivity contribution in [3.8, 4) is 12.3 Å². The lowest BCUT2D eigenvalue weighted by Gasteiger charge is -2.09. The van der Waals surface area contributed by atoms with Crippen molar-refractivity contribution in [2.24, 2.45) is 0 Å². The van der Waals surface area contributed by atoms with Gasteiger partial charge in [0, 0.05) is 16.8 Å². The first-order valence-electron chi connectivity index (χ1n) is 6.44. The first-order chi connectivity index (χ1) is 11.1. The number of carbonyl (C=O) groups excluding carboxylic acids is 1. The largest absolute Gasteiger partial charge is 0.501 e. The highest BCUT2D eigenvalue weighted by Gasteiger charge is 2.46. The second-order valence-corrected chi connectivity index (χ2v) is 6.59. The molecule has 0 saturated heterocycles. The predicted octanol–water partition coefficient (Wildman–Crippen LogP) is 3.21. The van der Waals surface area contributed by atoms with Gasteiger partial charge in [0.2, 0.25) is 0 Å². The number of benzene rings is 2. The Morgan fingerprint density at radius 3 is 2.25 bits per heavy atom. The van der Waals surface area contributed by atoms with Gasteiger partial charge >= 0.3 is 5.51 Å². The Bertz CT molecular complexity index is 911. The van der Waals surface area contributed by atoms with Crippen LogP contribution in [0.15, 0.2) is 53.4 Å². The third kappa shape index (κ3) is 3.58. The van der Waals surface area contributed by atoms with Crippen LogP contribution in [-0.2, 0) is 9.84 Å². The number of rotatable bonds is 3. The zero-order chi connectivity index (χ0) is 18.0. The average Bonchev–Trinajstić information content (AvgIpc) is 2.54. The molecule has 0 spiro atoms. The van der Waals surface area contributed by atoms with Gasteiger partial charge in [-0.2, -0.15) is 13.2 Å². The summed E-state index contributed by atoms with van der Waals surface area (Å²) in [6.07, 6.45) is 5.24. The van der Waals surface area contributed by atoms with Gasteiger partial charge in [-0.3, -0.25) is 4.79 Å². The molecule has 0 aliphatic rings. The molecule has 1 N–H and O–H groups in total. The molecule has 0 fully saturated rings. The molecule has 2 rings (SSSR count). The van der Waals surface area contributed by atoms with Crippen LogP contribution in [0.4, 0.5) is 18.9 Å². The maximum absolute atomic E-state index is 12.5. The zero-order valence-corrected chi connectivity index (χ0v) is 12.8. The Kier molecular flexibility index (Phi) is 4.66. The summed E-state index contributed by atoms with van der Waals surface area (Å²) in [7, 11) is -5.44. The van der Waals surface area contributed by atoms with Gasteiger partial charge in [-0.05, 0) is 42.5 Å². The summed E-state index contributed by atoms with van der Waals surface area (Å²) in [4.78, 5) is 11.1. The highest BCUT2D eigenvalue weighted by Crippen LogP contribution is 2.30. The zero-order valence-electron chi connectivity index (χ0n) is 12.0. The molecule has 0 bridgehead atoms. The van der Waals surface area contributed by atoms with Gasteiger partial charge < -0.3 is 5.32 Å². The molecular formula is C16H10F3NO3S. The number of carbonyl (C=O) groups is 1. The summed E-state index contributed by atoms with van der Waals surface area (Å²) in [5.74, 6) is 1.78. The molecule has 0 aliphatic carbocycles. The second kappa shape index (κ2) is 6.37. The van der Waals surface area contributed by atoms with Gasteiger partial charge in [0.05, 0.1) is 4.90 Å². The molecule has 0 saturated carbocycles. The third-order valence-corrected chi connectivity index (χ3v) is 4.52. The van der Waals surface area contributed by atoms with Gasteiger partial charge in [0.15, 0.2) is 0 Å². The number of hydrogen-bond donors (Lipinski definition) is 1. The van der Waals surface area contributed by atoms with Crippen molar-refractivity contribution in [1.29, 1.82) is 0 Å². The van der Waals surface area contributed by atoms with E-state index in [1.54, 1.807) is 24.3 Å². The number of hydrogen-bond acceptors (Lipinski definition) is 3. The van der Waals surface area contributed by atoms with Crippen LogP contribution < -0.4 is 5.32 Å². The molecular weight excluding hydrogens is 343 g/mol. The highest BCUT2D eigenvalue weighted by molar-refractivity contribution is 7.92. The van der Waals surface area contributed by atoms with Crippen LogP contribution in [0.5, 0.6) is 0 Å². The lowest BCUT2D eigenvalue weighted by Crippen LogP contribution is -2.23. The number of sulfone groups is 1. The number of amides is 1. The fraction of sp³-hybridized carbons (Fsp3) is 0.0625. The molecule has 0 heterocycles. The Morgan fingerprint density at radius 1 is 1.08 bits per heavy atom. The molecule has 0 radical (unpaired) electrons. The number of anilines is 1. The monoisotopic (exact) mass is 353 g/mol. The van der Waals surface area contributed by atoms with Gasteiger partial charge in [0.25, 0.3) is 15.7 Å².